The van der Waals surface area contributed by atoms with E-state index in [0.29, 0.717) is 23.0 Å². The van der Waals surface area contributed by atoms with Crippen molar-refractivity contribution in [3.63, 3.8) is 0 Å². The van der Waals surface area contributed by atoms with Crippen molar-refractivity contribution in [3.8, 4) is 11.5 Å². The van der Waals surface area contributed by atoms with Crippen LogP contribution in [-0.2, 0) is 5.54 Å². The van der Waals surface area contributed by atoms with Crippen molar-refractivity contribution in [1.29, 1.82) is 0 Å². The molecule has 3 N–H and O–H groups in total. The predicted molar refractivity (Wildman–Crippen MR) is 91.5 cm³/mol. The molecule has 1 saturated carbocycles. The average Bonchev–Trinajstić information content (AvgIpc) is 3.18. The van der Waals surface area contributed by atoms with E-state index in [1.54, 1.807) is 14.1 Å². The molecular formula is C17H23N5O2. The van der Waals surface area contributed by atoms with Crippen LogP contribution >= 0.6 is 0 Å². The normalized spacial score (nSPS) is 16.2. The van der Waals surface area contributed by atoms with Crippen molar-refractivity contribution in [2.24, 2.45) is 5.73 Å². The molecule has 1 aromatic carbocycles. The SMILES string of the molecule is Cc1ccc(NC(=O)N(C)C)c(-c2nc(C3(N)CCCC3)no2)c1. The number of aromatic nitrogens is 2. The Bertz CT molecular complexity index is 747. The number of amides is 2. The first-order chi connectivity index (χ1) is 11.4. The van der Waals surface area contributed by atoms with E-state index in [4.69, 9.17) is 10.3 Å². The van der Waals surface area contributed by atoms with Gasteiger partial charge in [-0.25, -0.2) is 4.79 Å². The number of hydrogen-bond acceptors (Lipinski definition) is 5. The monoisotopic (exact) mass is 329 g/mol. The third kappa shape index (κ3) is 3.12. The fraction of sp³-hybridized carbons (Fsp3) is 0.471. The zero-order chi connectivity index (χ0) is 17.3. The molecule has 0 unspecified atom stereocenters. The molecule has 0 bridgehead atoms. The summed E-state index contributed by atoms with van der Waals surface area (Å²) in [6.45, 7) is 1.97. The molecule has 2 amide bonds. The molecule has 0 aliphatic heterocycles. The summed E-state index contributed by atoms with van der Waals surface area (Å²) in [6, 6.07) is 5.46. The van der Waals surface area contributed by atoms with E-state index in [9.17, 15) is 4.79 Å². The second-order valence-electron chi connectivity index (χ2n) is 6.66. The van der Waals surface area contributed by atoms with Gasteiger partial charge in [-0.15, -0.1) is 0 Å². The minimum Gasteiger partial charge on any atom is -0.334 e. The van der Waals surface area contributed by atoms with Gasteiger partial charge in [-0.2, -0.15) is 4.98 Å². The first kappa shape index (κ1) is 16.4. The summed E-state index contributed by atoms with van der Waals surface area (Å²) in [6.07, 6.45) is 3.89. The minimum absolute atomic E-state index is 0.217. The number of nitrogens with one attached hydrogen (secondary N) is 1. The molecule has 7 nitrogen and oxygen atoms in total. The fourth-order valence-corrected chi connectivity index (χ4v) is 2.94. The zero-order valence-electron chi connectivity index (χ0n) is 14.3. The molecule has 1 aliphatic rings. The topological polar surface area (TPSA) is 97.3 Å². The van der Waals surface area contributed by atoms with E-state index in [0.717, 1.165) is 31.2 Å². The maximum Gasteiger partial charge on any atom is 0.321 e. The number of hydrogen-bond donors (Lipinski definition) is 2. The molecule has 0 spiro atoms. The zero-order valence-corrected chi connectivity index (χ0v) is 14.3. The Balaban J connectivity index is 1.95. The second-order valence-corrected chi connectivity index (χ2v) is 6.66. The van der Waals surface area contributed by atoms with Crippen LogP contribution in [-0.4, -0.2) is 35.2 Å². The standard InChI is InChI=1S/C17H23N5O2/c1-11-6-7-13(19-16(23)22(2)3)12(10-11)14-20-15(21-24-14)17(18)8-4-5-9-17/h6-7,10H,4-5,8-9,18H2,1-3H3,(H,19,23). The molecule has 1 heterocycles. The molecule has 3 rings (SSSR count). The van der Waals surface area contributed by atoms with Crippen molar-refractivity contribution in [2.75, 3.05) is 19.4 Å². The van der Waals surface area contributed by atoms with Crippen molar-refractivity contribution < 1.29 is 9.32 Å². The molecule has 1 fully saturated rings. The molecule has 0 radical (unpaired) electrons. The Labute approximate surface area is 141 Å². The molecule has 0 atom stereocenters. The number of nitrogens with two attached hydrogens (primary N) is 1. The van der Waals surface area contributed by atoms with Gasteiger partial charge in [-0.3, -0.25) is 0 Å². The van der Waals surface area contributed by atoms with E-state index in [-0.39, 0.29) is 6.03 Å². The Morgan fingerprint density at radius 1 is 1.33 bits per heavy atom. The Hall–Kier alpha value is -2.41. The van der Waals surface area contributed by atoms with Crippen LogP contribution in [0.15, 0.2) is 22.7 Å². The van der Waals surface area contributed by atoms with Crippen LogP contribution in [0.1, 0.15) is 37.1 Å². The fourth-order valence-electron chi connectivity index (χ4n) is 2.94. The van der Waals surface area contributed by atoms with Crippen LogP contribution in [0.25, 0.3) is 11.5 Å². The number of rotatable bonds is 3. The van der Waals surface area contributed by atoms with Crippen molar-refractivity contribution >= 4 is 11.7 Å². The summed E-state index contributed by atoms with van der Waals surface area (Å²) in [5.41, 5.74) is 8.27. The summed E-state index contributed by atoms with van der Waals surface area (Å²) in [4.78, 5) is 18.0. The van der Waals surface area contributed by atoms with Crippen LogP contribution in [0.2, 0.25) is 0 Å². The Kier molecular flexibility index (Phi) is 4.28. The summed E-state index contributed by atoms with van der Waals surface area (Å²) in [7, 11) is 3.37. The molecule has 1 aromatic heterocycles. The van der Waals surface area contributed by atoms with Crippen molar-refractivity contribution in [3.05, 3.63) is 29.6 Å². The lowest BCUT2D eigenvalue weighted by Gasteiger charge is -2.17. The molecular weight excluding hydrogens is 306 g/mol. The summed E-state index contributed by atoms with van der Waals surface area (Å²) in [5, 5.41) is 6.95. The molecule has 1 aliphatic carbocycles. The minimum atomic E-state index is -0.501. The van der Waals surface area contributed by atoms with E-state index >= 15 is 0 Å². The van der Waals surface area contributed by atoms with Gasteiger partial charge in [0.1, 0.15) is 0 Å². The number of carbonyl (C=O) groups is 1. The summed E-state index contributed by atoms with van der Waals surface area (Å²) in [5.74, 6) is 0.917. The Morgan fingerprint density at radius 3 is 2.71 bits per heavy atom. The van der Waals surface area contributed by atoms with Gasteiger partial charge >= 0.3 is 6.03 Å². The van der Waals surface area contributed by atoms with Crippen LogP contribution in [0.5, 0.6) is 0 Å². The van der Waals surface area contributed by atoms with E-state index in [2.05, 4.69) is 15.5 Å². The molecule has 24 heavy (non-hydrogen) atoms. The van der Waals surface area contributed by atoms with Gasteiger partial charge in [-0.1, -0.05) is 29.6 Å². The Morgan fingerprint density at radius 2 is 2.04 bits per heavy atom. The number of urea groups is 1. The lowest BCUT2D eigenvalue weighted by atomic mass is 9.98. The lowest BCUT2D eigenvalue weighted by molar-refractivity contribution is 0.230. The van der Waals surface area contributed by atoms with Crippen LogP contribution in [0.3, 0.4) is 0 Å². The largest absolute Gasteiger partial charge is 0.334 e. The molecule has 2 aromatic rings. The van der Waals surface area contributed by atoms with Gasteiger partial charge in [0, 0.05) is 14.1 Å². The molecule has 128 valence electrons. The van der Waals surface area contributed by atoms with Gasteiger partial charge in [0.25, 0.3) is 5.89 Å². The van der Waals surface area contributed by atoms with Crippen LogP contribution in [0, 0.1) is 6.92 Å². The maximum atomic E-state index is 12.0. The number of nitrogens with zero attached hydrogens (tertiary/aromatic N) is 3. The average molecular weight is 329 g/mol. The summed E-state index contributed by atoms with van der Waals surface area (Å²) < 4.78 is 5.46. The molecule has 7 heteroatoms. The third-order valence-corrected chi connectivity index (χ3v) is 4.42. The predicted octanol–water partition coefficient (Wildman–Crippen LogP) is 2.87. The van der Waals surface area contributed by atoms with E-state index in [1.165, 1.54) is 4.90 Å². The first-order valence-electron chi connectivity index (χ1n) is 8.11. The number of carbonyl (C=O) groups excluding carboxylic acids is 1. The summed E-state index contributed by atoms with van der Waals surface area (Å²) >= 11 is 0. The number of anilines is 1. The van der Waals surface area contributed by atoms with Crippen LogP contribution < -0.4 is 11.1 Å². The van der Waals surface area contributed by atoms with Gasteiger partial charge in [0.05, 0.1) is 16.8 Å². The third-order valence-electron chi connectivity index (χ3n) is 4.42. The highest BCUT2D eigenvalue weighted by molar-refractivity contribution is 5.93. The number of aryl methyl sites for hydroxylation is 1. The van der Waals surface area contributed by atoms with Gasteiger partial charge in [0.2, 0.25) is 0 Å². The van der Waals surface area contributed by atoms with Gasteiger partial charge < -0.3 is 20.5 Å². The maximum absolute atomic E-state index is 12.0. The van der Waals surface area contributed by atoms with Gasteiger partial charge in [-0.05, 0) is 31.9 Å². The molecule has 0 saturated heterocycles. The van der Waals surface area contributed by atoms with Crippen LogP contribution in [0.4, 0.5) is 10.5 Å². The number of benzene rings is 1. The lowest BCUT2D eigenvalue weighted by Crippen LogP contribution is -2.34. The van der Waals surface area contributed by atoms with Crippen molar-refractivity contribution in [1.82, 2.24) is 15.0 Å². The van der Waals surface area contributed by atoms with Crippen molar-refractivity contribution in [2.45, 2.75) is 38.1 Å². The highest BCUT2D eigenvalue weighted by Crippen LogP contribution is 2.36. The van der Waals surface area contributed by atoms with E-state index < -0.39 is 5.54 Å². The van der Waals surface area contributed by atoms with Gasteiger partial charge in [0.15, 0.2) is 5.82 Å². The quantitative estimate of drug-likeness (QED) is 0.902. The smallest absolute Gasteiger partial charge is 0.321 e. The highest BCUT2D eigenvalue weighted by Gasteiger charge is 2.36. The highest BCUT2D eigenvalue weighted by atomic mass is 16.5. The second kappa shape index (κ2) is 6.24. The first-order valence-corrected chi connectivity index (χ1v) is 8.11. The van der Waals surface area contributed by atoms with E-state index in [1.807, 2.05) is 25.1 Å².